The van der Waals surface area contributed by atoms with Crippen molar-refractivity contribution < 1.29 is 9.53 Å². The lowest BCUT2D eigenvalue weighted by atomic mass is 10.2. The van der Waals surface area contributed by atoms with Gasteiger partial charge in [-0.3, -0.25) is 10.1 Å². The number of thiophene rings is 1. The fraction of sp³-hybridized carbons (Fsp3) is 0.0667. The van der Waals surface area contributed by atoms with Gasteiger partial charge in [0.2, 0.25) is 5.43 Å². The Morgan fingerprint density at radius 1 is 1.24 bits per heavy atom. The minimum atomic E-state index is -0.653. The van der Waals surface area contributed by atoms with Crippen molar-refractivity contribution in [1.29, 1.82) is 0 Å². The van der Waals surface area contributed by atoms with Crippen LogP contribution in [0, 0.1) is 0 Å². The first-order chi connectivity index (χ1) is 10.2. The maximum absolute atomic E-state index is 12.1. The number of anilines is 1. The average Bonchev–Trinajstić information content (AvgIpc) is 2.98. The molecule has 2 heterocycles. The molecule has 1 aromatic carbocycles. The molecule has 0 saturated carbocycles. The number of carbonyl (C=O) groups excluding carboxylic acids is 1. The van der Waals surface area contributed by atoms with Crippen LogP contribution in [-0.4, -0.2) is 11.1 Å². The molecule has 0 bridgehead atoms. The lowest BCUT2D eigenvalue weighted by molar-refractivity contribution is 0.155. The number of benzene rings is 1. The summed E-state index contributed by atoms with van der Waals surface area (Å²) in [4.78, 5) is 26.8. The highest BCUT2D eigenvalue weighted by Gasteiger charge is 2.10. The number of fused-ring (bicyclic) bond motifs is 1. The summed E-state index contributed by atoms with van der Waals surface area (Å²) in [5.41, 5.74) is 1.61. The first-order valence-electron chi connectivity index (χ1n) is 6.30. The molecule has 1 amide bonds. The predicted octanol–water partition coefficient (Wildman–Crippen LogP) is 3.34. The van der Waals surface area contributed by atoms with Crippen LogP contribution >= 0.6 is 11.3 Å². The Kier molecular flexibility index (Phi) is 3.70. The quantitative estimate of drug-likeness (QED) is 0.779. The molecule has 0 fully saturated rings. The Bertz CT molecular complexity index is 824. The topological polar surface area (TPSA) is 71.2 Å². The fourth-order valence-corrected chi connectivity index (χ4v) is 2.71. The minimum absolute atomic E-state index is 0.159. The zero-order valence-corrected chi connectivity index (χ0v) is 11.8. The van der Waals surface area contributed by atoms with Gasteiger partial charge < -0.3 is 9.72 Å². The zero-order chi connectivity index (χ0) is 14.7. The normalized spacial score (nSPS) is 10.5. The number of nitrogens with one attached hydrogen (secondary N) is 2. The second-order valence-electron chi connectivity index (χ2n) is 4.38. The van der Waals surface area contributed by atoms with E-state index >= 15 is 0 Å². The molecule has 0 radical (unpaired) electrons. The van der Waals surface area contributed by atoms with Crippen LogP contribution in [-0.2, 0) is 11.3 Å². The van der Waals surface area contributed by atoms with Crippen LogP contribution in [0.3, 0.4) is 0 Å². The molecule has 0 aliphatic heterocycles. The monoisotopic (exact) mass is 300 g/mol. The van der Waals surface area contributed by atoms with Gasteiger partial charge in [-0.05, 0) is 17.0 Å². The number of hydrogen-bond acceptors (Lipinski definition) is 4. The third-order valence-electron chi connectivity index (χ3n) is 2.94. The summed E-state index contributed by atoms with van der Waals surface area (Å²) in [5.74, 6) is 0. The van der Waals surface area contributed by atoms with Crippen molar-refractivity contribution >= 4 is 33.3 Å². The van der Waals surface area contributed by atoms with Crippen LogP contribution in [0.25, 0.3) is 10.2 Å². The van der Waals surface area contributed by atoms with Crippen molar-refractivity contribution in [2.45, 2.75) is 6.61 Å². The summed E-state index contributed by atoms with van der Waals surface area (Å²) in [5, 5.41) is 4.28. The van der Waals surface area contributed by atoms with Crippen LogP contribution in [0.5, 0.6) is 0 Å². The summed E-state index contributed by atoms with van der Waals surface area (Å²) in [6.45, 7) is 0.159. The van der Waals surface area contributed by atoms with Crippen LogP contribution in [0.15, 0.2) is 52.8 Å². The Balaban J connectivity index is 1.69. The zero-order valence-electron chi connectivity index (χ0n) is 11.0. The van der Waals surface area contributed by atoms with E-state index in [4.69, 9.17) is 4.74 Å². The lowest BCUT2D eigenvalue weighted by Gasteiger charge is -2.06. The number of rotatable bonds is 3. The Hall–Kier alpha value is -2.60. The van der Waals surface area contributed by atoms with Crippen molar-refractivity contribution in [1.82, 2.24) is 4.98 Å². The molecular weight excluding hydrogens is 288 g/mol. The van der Waals surface area contributed by atoms with Gasteiger partial charge in [-0.15, -0.1) is 11.3 Å². The molecule has 0 saturated heterocycles. The standard InChI is InChI=1S/C15H12N2O3S/c18-13-12(8-16-11-6-7-21-14(11)13)17-15(19)20-9-10-4-2-1-3-5-10/h1-8H,9H2,(H,16,18)(H,17,19). The number of aromatic nitrogens is 1. The Morgan fingerprint density at radius 2 is 2.05 bits per heavy atom. The summed E-state index contributed by atoms with van der Waals surface area (Å²) in [6, 6.07) is 11.2. The molecule has 5 nitrogen and oxygen atoms in total. The third-order valence-corrected chi connectivity index (χ3v) is 3.85. The molecule has 2 N–H and O–H groups in total. The van der Waals surface area contributed by atoms with E-state index in [1.165, 1.54) is 17.5 Å². The molecule has 0 aliphatic rings. The van der Waals surface area contributed by atoms with Gasteiger partial charge in [-0.2, -0.15) is 0 Å². The second kappa shape index (κ2) is 5.80. The van der Waals surface area contributed by atoms with Gasteiger partial charge in [0.05, 0.1) is 5.52 Å². The van der Waals surface area contributed by atoms with Crippen molar-refractivity contribution in [3.8, 4) is 0 Å². The van der Waals surface area contributed by atoms with Crippen LogP contribution < -0.4 is 10.7 Å². The van der Waals surface area contributed by atoms with Gasteiger partial charge in [-0.1, -0.05) is 30.3 Å². The molecular formula is C15H12N2O3S. The maximum Gasteiger partial charge on any atom is 0.412 e. The number of aromatic amines is 1. The number of H-pyrrole nitrogens is 1. The second-order valence-corrected chi connectivity index (χ2v) is 5.30. The van der Waals surface area contributed by atoms with Gasteiger partial charge in [-0.25, -0.2) is 4.79 Å². The minimum Gasteiger partial charge on any atom is -0.444 e. The van der Waals surface area contributed by atoms with Crippen molar-refractivity contribution in [3.63, 3.8) is 0 Å². The molecule has 3 rings (SSSR count). The third kappa shape index (κ3) is 2.95. The molecule has 6 heteroatoms. The summed E-state index contributed by atoms with van der Waals surface area (Å²) in [7, 11) is 0. The van der Waals surface area contributed by atoms with E-state index in [-0.39, 0.29) is 17.7 Å². The first kappa shape index (κ1) is 13.4. The highest BCUT2D eigenvalue weighted by atomic mass is 32.1. The molecule has 21 heavy (non-hydrogen) atoms. The molecule has 0 spiro atoms. The molecule has 0 unspecified atom stereocenters. The molecule has 2 aromatic heterocycles. The fourth-order valence-electron chi connectivity index (χ4n) is 1.90. The molecule has 0 atom stereocenters. The van der Waals surface area contributed by atoms with Crippen LogP contribution in [0.4, 0.5) is 10.5 Å². The highest BCUT2D eigenvalue weighted by Crippen LogP contribution is 2.16. The van der Waals surface area contributed by atoms with E-state index in [0.29, 0.717) is 4.70 Å². The van der Waals surface area contributed by atoms with Crippen LogP contribution in [0.1, 0.15) is 5.56 Å². The first-order valence-corrected chi connectivity index (χ1v) is 7.18. The largest absolute Gasteiger partial charge is 0.444 e. The van der Waals surface area contributed by atoms with E-state index in [0.717, 1.165) is 11.1 Å². The van der Waals surface area contributed by atoms with Gasteiger partial charge >= 0.3 is 6.09 Å². The van der Waals surface area contributed by atoms with E-state index < -0.39 is 6.09 Å². The number of amides is 1. The van der Waals surface area contributed by atoms with E-state index in [1.54, 1.807) is 0 Å². The molecule has 106 valence electrons. The van der Waals surface area contributed by atoms with E-state index in [2.05, 4.69) is 10.3 Å². The summed E-state index contributed by atoms with van der Waals surface area (Å²) in [6.07, 6.45) is 0.821. The lowest BCUT2D eigenvalue weighted by Crippen LogP contribution is -2.19. The van der Waals surface area contributed by atoms with Gasteiger partial charge in [0.25, 0.3) is 0 Å². The van der Waals surface area contributed by atoms with E-state index in [9.17, 15) is 9.59 Å². The van der Waals surface area contributed by atoms with Gasteiger partial charge in [0.1, 0.15) is 17.0 Å². The summed E-state index contributed by atoms with van der Waals surface area (Å²) < 4.78 is 5.66. The van der Waals surface area contributed by atoms with Gasteiger partial charge in [0, 0.05) is 6.20 Å². The number of hydrogen-bond donors (Lipinski definition) is 2. The van der Waals surface area contributed by atoms with Crippen molar-refractivity contribution in [2.24, 2.45) is 0 Å². The predicted molar refractivity (Wildman–Crippen MR) is 82.7 cm³/mol. The average molecular weight is 300 g/mol. The number of pyridine rings is 1. The van der Waals surface area contributed by atoms with Crippen LogP contribution in [0.2, 0.25) is 0 Å². The Labute approximate surface area is 124 Å². The van der Waals surface area contributed by atoms with Crippen molar-refractivity contribution in [3.05, 3.63) is 63.8 Å². The van der Waals surface area contributed by atoms with Crippen molar-refractivity contribution in [2.75, 3.05) is 5.32 Å². The maximum atomic E-state index is 12.1. The Morgan fingerprint density at radius 3 is 2.86 bits per heavy atom. The molecule has 3 aromatic rings. The smallest absolute Gasteiger partial charge is 0.412 e. The molecule has 0 aliphatic carbocycles. The van der Waals surface area contributed by atoms with E-state index in [1.807, 2.05) is 41.8 Å². The van der Waals surface area contributed by atoms with Gasteiger partial charge in [0.15, 0.2) is 0 Å². The SMILES string of the molecule is O=C(Nc1c[nH]c2ccsc2c1=O)OCc1ccccc1. The summed E-state index contributed by atoms with van der Waals surface area (Å²) >= 11 is 1.33. The number of carbonyl (C=O) groups is 1. The highest BCUT2D eigenvalue weighted by molar-refractivity contribution is 7.17. The number of ether oxygens (including phenoxy) is 1.